The lowest BCUT2D eigenvalue weighted by Crippen LogP contribution is -2.50. The summed E-state index contributed by atoms with van der Waals surface area (Å²) in [6.45, 7) is 2.43. The van der Waals surface area contributed by atoms with Crippen LogP contribution in [0, 0.1) is 0 Å². The van der Waals surface area contributed by atoms with Crippen molar-refractivity contribution < 1.29 is 14.3 Å². The van der Waals surface area contributed by atoms with E-state index >= 15 is 0 Å². The number of nitrogens with zero attached hydrogens (tertiary/aromatic N) is 3. The molecule has 1 atom stereocenters. The molecule has 0 radical (unpaired) electrons. The number of ether oxygens (including phenoxy) is 2. The van der Waals surface area contributed by atoms with Gasteiger partial charge >= 0.3 is 0 Å². The van der Waals surface area contributed by atoms with Crippen LogP contribution in [0.2, 0.25) is 0 Å². The number of rotatable bonds is 4. The first kappa shape index (κ1) is 19.8. The first-order valence-corrected chi connectivity index (χ1v) is 11.0. The summed E-state index contributed by atoms with van der Waals surface area (Å²) in [4.78, 5) is 17.9. The molecule has 4 rings (SSSR count). The Balaban J connectivity index is 1.99. The van der Waals surface area contributed by atoms with Crippen molar-refractivity contribution >= 4 is 44.5 Å². The van der Waals surface area contributed by atoms with Gasteiger partial charge in [-0.1, -0.05) is 39.8 Å². The number of hydrazone groups is 1. The van der Waals surface area contributed by atoms with Crippen LogP contribution in [0.15, 0.2) is 51.0 Å². The molecule has 0 spiro atoms. The van der Waals surface area contributed by atoms with Crippen LogP contribution >= 0.6 is 27.7 Å². The summed E-state index contributed by atoms with van der Waals surface area (Å²) in [5.74, 6) is 0.986. The van der Waals surface area contributed by atoms with E-state index in [-0.39, 0.29) is 5.91 Å². The summed E-state index contributed by atoms with van der Waals surface area (Å²) in [5, 5.41) is 11.1. The molecular weight excluding hydrogens is 456 g/mol. The number of thioether (sulfide) groups is 1. The summed E-state index contributed by atoms with van der Waals surface area (Å²) < 4.78 is 12.3. The van der Waals surface area contributed by atoms with Gasteiger partial charge in [-0.05, 0) is 37.4 Å². The van der Waals surface area contributed by atoms with Gasteiger partial charge in [0.1, 0.15) is 5.70 Å². The number of amidine groups is 1. The maximum Gasteiger partial charge on any atom is 0.276 e. The summed E-state index contributed by atoms with van der Waals surface area (Å²) >= 11 is 4.84. The van der Waals surface area contributed by atoms with E-state index in [1.807, 2.05) is 49.6 Å². The minimum atomic E-state index is -0.567. The van der Waals surface area contributed by atoms with Crippen molar-refractivity contribution in [3.05, 3.63) is 57.0 Å². The van der Waals surface area contributed by atoms with E-state index in [0.29, 0.717) is 34.3 Å². The highest BCUT2D eigenvalue weighted by Crippen LogP contribution is 2.40. The SMILES string of the molecule is CCOc1cccc([C@@H]2N=c3ccc(Br)cc3=C3C(=O)NC(SC)=NN32)c1OC. The summed E-state index contributed by atoms with van der Waals surface area (Å²) in [7, 11) is 1.60. The number of methoxy groups -OCH3 is 1. The van der Waals surface area contributed by atoms with Gasteiger partial charge in [0.25, 0.3) is 5.91 Å². The van der Waals surface area contributed by atoms with E-state index in [2.05, 4.69) is 26.3 Å². The Hall–Kier alpha value is -2.52. The number of fused-ring (bicyclic) bond motifs is 2. The van der Waals surface area contributed by atoms with E-state index in [9.17, 15) is 4.79 Å². The maximum absolute atomic E-state index is 13.0. The van der Waals surface area contributed by atoms with Crippen LogP contribution in [0.25, 0.3) is 5.70 Å². The normalized spacial score (nSPS) is 17.6. The molecule has 1 amide bonds. The lowest BCUT2D eigenvalue weighted by molar-refractivity contribution is -0.116. The average Bonchev–Trinajstić information content (AvgIpc) is 2.72. The van der Waals surface area contributed by atoms with E-state index in [1.54, 1.807) is 12.1 Å². The average molecular weight is 475 g/mol. The summed E-state index contributed by atoms with van der Waals surface area (Å²) in [6.07, 6.45) is 1.29. The molecule has 2 aromatic carbocycles. The van der Waals surface area contributed by atoms with Crippen molar-refractivity contribution in [1.82, 2.24) is 10.3 Å². The summed E-state index contributed by atoms with van der Waals surface area (Å²) in [6, 6.07) is 11.3. The van der Waals surface area contributed by atoms with Gasteiger partial charge in [0.15, 0.2) is 22.8 Å². The number of carbonyl (C=O) groups excluding carboxylic acids is 1. The molecule has 2 aromatic rings. The number of hydrogen-bond acceptors (Lipinski definition) is 7. The molecule has 0 aromatic heterocycles. The third-order valence-electron chi connectivity index (χ3n) is 4.55. The first-order chi connectivity index (χ1) is 14.1. The van der Waals surface area contributed by atoms with Crippen LogP contribution in [0.3, 0.4) is 0 Å². The van der Waals surface area contributed by atoms with Crippen molar-refractivity contribution in [2.75, 3.05) is 20.0 Å². The molecule has 0 fully saturated rings. The van der Waals surface area contributed by atoms with E-state index in [1.165, 1.54) is 11.8 Å². The number of hydrogen-bond donors (Lipinski definition) is 1. The Labute approximate surface area is 180 Å². The molecule has 0 aliphatic carbocycles. The minimum Gasteiger partial charge on any atom is -0.492 e. The van der Waals surface area contributed by atoms with Gasteiger partial charge in [0.05, 0.1) is 19.1 Å². The summed E-state index contributed by atoms with van der Waals surface area (Å²) in [5.41, 5.74) is 1.21. The van der Waals surface area contributed by atoms with Gasteiger partial charge in [-0.15, -0.1) is 5.10 Å². The highest BCUT2D eigenvalue weighted by atomic mass is 79.9. The smallest absolute Gasteiger partial charge is 0.276 e. The standard InChI is InChI=1S/C20H19BrN4O3S/c1-4-28-15-7-5-6-12(17(15)27-2)18-22-14-9-8-11(21)10-13(14)16-19(26)23-20(29-3)24-25(16)18/h5-10,18H,4H2,1-3H3,(H,23,24,26)/t18-/m1/s1. The molecule has 9 heteroatoms. The van der Waals surface area contributed by atoms with Crippen molar-refractivity contribution in [2.24, 2.45) is 10.1 Å². The Bertz CT molecular complexity index is 1140. The van der Waals surface area contributed by atoms with Gasteiger partial charge in [-0.25, -0.2) is 5.01 Å². The fourth-order valence-corrected chi connectivity index (χ4v) is 4.10. The van der Waals surface area contributed by atoms with Gasteiger partial charge < -0.3 is 9.47 Å². The third kappa shape index (κ3) is 3.49. The lowest BCUT2D eigenvalue weighted by Gasteiger charge is -2.34. The number of para-hydroxylation sites is 1. The highest BCUT2D eigenvalue weighted by molar-refractivity contribution is 9.10. The predicted molar refractivity (Wildman–Crippen MR) is 116 cm³/mol. The molecule has 2 aliphatic heterocycles. The maximum atomic E-state index is 13.0. The Kier molecular flexibility index (Phi) is 5.51. The fourth-order valence-electron chi connectivity index (χ4n) is 3.37. The molecule has 2 heterocycles. The Morgan fingerprint density at radius 3 is 2.86 bits per heavy atom. The highest BCUT2D eigenvalue weighted by Gasteiger charge is 2.36. The molecule has 0 unspecified atom stereocenters. The second-order valence-electron chi connectivity index (χ2n) is 6.23. The number of carbonyl (C=O) groups is 1. The quantitative estimate of drug-likeness (QED) is 0.735. The van der Waals surface area contributed by atoms with E-state index < -0.39 is 6.17 Å². The van der Waals surface area contributed by atoms with Crippen molar-refractivity contribution in [3.8, 4) is 11.5 Å². The van der Waals surface area contributed by atoms with Gasteiger partial charge in [0.2, 0.25) is 0 Å². The minimum absolute atomic E-state index is 0.219. The van der Waals surface area contributed by atoms with Crippen LogP contribution in [0.5, 0.6) is 11.5 Å². The first-order valence-electron chi connectivity index (χ1n) is 8.98. The molecule has 2 aliphatic rings. The number of nitrogens with one attached hydrogen (secondary N) is 1. The molecular formula is C20H19BrN4O3S. The second-order valence-corrected chi connectivity index (χ2v) is 7.94. The zero-order valence-corrected chi connectivity index (χ0v) is 18.5. The molecule has 7 nitrogen and oxygen atoms in total. The molecule has 0 saturated carbocycles. The molecule has 0 bridgehead atoms. The molecule has 150 valence electrons. The Morgan fingerprint density at radius 2 is 2.14 bits per heavy atom. The zero-order chi connectivity index (χ0) is 20.5. The molecule has 0 saturated heterocycles. The van der Waals surface area contributed by atoms with Crippen LogP contribution < -0.4 is 25.4 Å². The van der Waals surface area contributed by atoms with E-state index in [4.69, 9.17) is 14.5 Å². The van der Waals surface area contributed by atoms with Gasteiger partial charge in [-0.2, -0.15) is 0 Å². The van der Waals surface area contributed by atoms with Crippen molar-refractivity contribution in [1.29, 1.82) is 0 Å². The molecule has 29 heavy (non-hydrogen) atoms. The monoisotopic (exact) mass is 474 g/mol. The predicted octanol–water partition coefficient (Wildman–Crippen LogP) is 2.36. The third-order valence-corrected chi connectivity index (χ3v) is 5.62. The second kappa shape index (κ2) is 8.08. The van der Waals surface area contributed by atoms with Crippen LogP contribution in [0.4, 0.5) is 0 Å². The Morgan fingerprint density at radius 1 is 1.31 bits per heavy atom. The van der Waals surface area contributed by atoms with Crippen LogP contribution in [0.1, 0.15) is 18.7 Å². The molecule has 1 N–H and O–H groups in total. The van der Waals surface area contributed by atoms with E-state index in [0.717, 1.165) is 15.3 Å². The van der Waals surface area contributed by atoms with Gasteiger partial charge in [-0.3, -0.25) is 15.1 Å². The van der Waals surface area contributed by atoms with Gasteiger partial charge in [0, 0.05) is 15.3 Å². The number of benzene rings is 2. The van der Waals surface area contributed by atoms with Crippen molar-refractivity contribution in [2.45, 2.75) is 13.1 Å². The number of halogens is 1. The lowest BCUT2D eigenvalue weighted by atomic mass is 10.1. The fraction of sp³-hybridized carbons (Fsp3) is 0.250. The van der Waals surface area contributed by atoms with Crippen LogP contribution in [-0.4, -0.2) is 36.1 Å². The zero-order valence-electron chi connectivity index (χ0n) is 16.1. The van der Waals surface area contributed by atoms with Crippen LogP contribution in [-0.2, 0) is 4.79 Å². The number of amides is 1. The van der Waals surface area contributed by atoms with Crippen molar-refractivity contribution in [3.63, 3.8) is 0 Å². The largest absolute Gasteiger partial charge is 0.492 e. The topological polar surface area (TPSA) is 75.5 Å².